The highest BCUT2D eigenvalue weighted by Gasteiger charge is 2.10. The summed E-state index contributed by atoms with van der Waals surface area (Å²) in [5.74, 6) is -0.105. The maximum atomic E-state index is 12.0. The number of rotatable bonds is 5. The molecule has 1 aromatic carbocycles. The van der Waals surface area contributed by atoms with E-state index in [1.807, 2.05) is 27.1 Å². The third-order valence-corrected chi connectivity index (χ3v) is 2.66. The average molecular weight is 260 g/mol. The first kappa shape index (κ1) is 15.0. The third-order valence-electron chi connectivity index (χ3n) is 2.66. The van der Waals surface area contributed by atoms with E-state index in [0.717, 1.165) is 5.69 Å². The predicted octanol–water partition coefficient (Wildman–Crippen LogP) is 2.32. The van der Waals surface area contributed by atoms with E-state index < -0.39 is 0 Å². The van der Waals surface area contributed by atoms with Crippen molar-refractivity contribution in [1.82, 2.24) is 4.90 Å². The Morgan fingerprint density at radius 2 is 1.95 bits per heavy atom. The number of allylic oxidation sites excluding steroid dienone is 1. The van der Waals surface area contributed by atoms with E-state index in [1.165, 1.54) is 13.0 Å². The highest BCUT2D eigenvalue weighted by atomic mass is 16.2. The zero-order chi connectivity index (χ0) is 14.4. The lowest BCUT2D eigenvalue weighted by atomic mass is 10.1. The number of nitrogens with zero attached hydrogens (tertiary/aromatic N) is 2. The molecule has 4 heteroatoms. The van der Waals surface area contributed by atoms with Gasteiger partial charge < -0.3 is 9.80 Å². The summed E-state index contributed by atoms with van der Waals surface area (Å²) in [6.07, 6.45) is 3.22. The topological polar surface area (TPSA) is 40.6 Å². The largest absolute Gasteiger partial charge is 0.383 e. The summed E-state index contributed by atoms with van der Waals surface area (Å²) in [6, 6.07) is 7.11. The SMILES string of the molecule is CCN(C(C)=O)c1cccc(C(=O)C=CN(C)C)c1. The molecule has 0 aromatic heterocycles. The Kier molecular flexibility index (Phi) is 5.30. The molecular formula is C15H20N2O2. The van der Waals surface area contributed by atoms with Crippen LogP contribution in [0.3, 0.4) is 0 Å². The van der Waals surface area contributed by atoms with Crippen molar-refractivity contribution >= 4 is 17.4 Å². The van der Waals surface area contributed by atoms with Crippen LogP contribution in [0.5, 0.6) is 0 Å². The van der Waals surface area contributed by atoms with Gasteiger partial charge in [-0.2, -0.15) is 0 Å². The minimum Gasteiger partial charge on any atom is -0.383 e. The van der Waals surface area contributed by atoms with Crippen LogP contribution in [-0.2, 0) is 4.79 Å². The Bertz CT molecular complexity index is 493. The molecule has 0 N–H and O–H groups in total. The third kappa shape index (κ3) is 4.25. The van der Waals surface area contributed by atoms with Gasteiger partial charge in [-0.05, 0) is 19.1 Å². The summed E-state index contributed by atoms with van der Waals surface area (Å²) in [7, 11) is 3.71. The molecule has 0 radical (unpaired) electrons. The van der Waals surface area contributed by atoms with Gasteiger partial charge in [0.2, 0.25) is 5.91 Å². The average Bonchev–Trinajstić information content (AvgIpc) is 2.36. The maximum absolute atomic E-state index is 12.0. The highest BCUT2D eigenvalue weighted by molar-refractivity contribution is 6.05. The van der Waals surface area contributed by atoms with Crippen molar-refractivity contribution < 1.29 is 9.59 Å². The Morgan fingerprint density at radius 1 is 1.26 bits per heavy atom. The molecule has 0 saturated carbocycles. The molecule has 0 atom stereocenters. The number of hydrogen-bond acceptors (Lipinski definition) is 3. The molecule has 0 saturated heterocycles. The molecular weight excluding hydrogens is 240 g/mol. The smallest absolute Gasteiger partial charge is 0.223 e. The molecule has 0 aliphatic rings. The van der Waals surface area contributed by atoms with E-state index in [-0.39, 0.29) is 11.7 Å². The summed E-state index contributed by atoms with van der Waals surface area (Å²) in [6.45, 7) is 4.01. The Labute approximate surface area is 114 Å². The van der Waals surface area contributed by atoms with Crippen molar-refractivity contribution in [2.24, 2.45) is 0 Å². The van der Waals surface area contributed by atoms with Crippen molar-refractivity contribution in [3.05, 3.63) is 42.1 Å². The van der Waals surface area contributed by atoms with Gasteiger partial charge in [0.25, 0.3) is 0 Å². The van der Waals surface area contributed by atoms with Gasteiger partial charge in [-0.3, -0.25) is 9.59 Å². The van der Waals surface area contributed by atoms with E-state index in [0.29, 0.717) is 12.1 Å². The van der Waals surface area contributed by atoms with Gasteiger partial charge in [-0.15, -0.1) is 0 Å². The fourth-order valence-electron chi connectivity index (χ4n) is 1.73. The molecule has 0 aliphatic heterocycles. The molecule has 1 amide bonds. The van der Waals surface area contributed by atoms with Gasteiger partial charge in [0.1, 0.15) is 0 Å². The minimum absolute atomic E-state index is 0.0315. The lowest BCUT2D eigenvalue weighted by Gasteiger charge is -2.19. The van der Waals surface area contributed by atoms with Crippen molar-refractivity contribution in [2.75, 3.05) is 25.5 Å². The summed E-state index contributed by atoms with van der Waals surface area (Å²) >= 11 is 0. The van der Waals surface area contributed by atoms with Gasteiger partial charge in [-0.25, -0.2) is 0 Å². The second-order valence-electron chi connectivity index (χ2n) is 4.46. The number of carbonyl (C=O) groups is 2. The monoisotopic (exact) mass is 260 g/mol. The molecule has 19 heavy (non-hydrogen) atoms. The predicted molar refractivity (Wildman–Crippen MR) is 77.3 cm³/mol. The highest BCUT2D eigenvalue weighted by Crippen LogP contribution is 2.17. The summed E-state index contributed by atoms with van der Waals surface area (Å²) in [5, 5.41) is 0. The zero-order valence-corrected chi connectivity index (χ0v) is 11.9. The van der Waals surface area contributed by atoms with Crippen LogP contribution in [0, 0.1) is 0 Å². The van der Waals surface area contributed by atoms with Crippen LogP contribution in [0.25, 0.3) is 0 Å². The normalized spacial score (nSPS) is 10.5. The quantitative estimate of drug-likeness (QED) is 0.602. The number of ketones is 1. The summed E-state index contributed by atoms with van der Waals surface area (Å²) < 4.78 is 0. The van der Waals surface area contributed by atoms with Crippen molar-refractivity contribution in [1.29, 1.82) is 0 Å². The molecule has 4 nitrogen and oxygen atoms in total. The number of benzene rings is 1. The van der Waals surface area contributed by atoms with E-state index in [2.05, 4.69) is 0 Å². The number of carbonyl (C=O) groups excluding carboxylic acids is 2. The Hall–Kier alpha value is -2.10. The Balaban J connectivity index is 3.00. The van der Waals surface area contributed by atoms with Crippen LogP contribution in [0.4, 0.5) is 5.69 Å². The maximum Gasteiger partial charge on any atom is 0.223 e. The fourth-order valence-corrected chi connectivity index (χ4v) is 1.73. The van der Waals surface area contributed by atoms with Crippen LogP contribution in [-0.4, -0.2) is 37.2 Å². The molecule has 0 fully saturated rings. The summed E-state index contributed by atoms with van der Waals surface area (Å²) in [4.78, 5) is 26.9. The van der Waals surface area contributed by atoms with E-state index >= 15 is 0 Å². The van der Waals surface area contributed by atoms with Crippen LogP contribution in [0.1, 0.15) is 24.2 Å². The molecule has 102 valence electrons. The van der Waals surface area contributed by atoms with Crippen LogP contribution in [0.2, 0.25) is 0 Å². The van der Waals surface area contributed by atoms with Crippen molar-refractivity contribution in [3.63, 3.8) is 0 Å². The summed E-state index contributed by atoms with van der Waals surface area (Å²) in [5.41, 5.74) is 1.33. The zero-order valence-electron chi connectivity index (χ0n) is 11.9. The van der Waals surface area contributed by atoms with E-state index in [1.54, 1.807) is 34.2 Å². The Morgan fingerprint density at radius 3 is 2.47 bits per heavy atom. The van der Waals surface area contributed by atoms with Gasteiger partial charge >= 0.3 is 0 Å². The molecule has 1 rings (SSSR count). The first-order chi connectivity index (χ1) is 8.95. The molecule has 0 unspecified atom stereocenters. The van der Waals surface area contributed by atoms with Gasteiger partial charge in [0, 0.05) is 51.1 Å². The van der Waals surface area contributed by atoms with Crippen molar-refractivity contribution in [2.45, 2.75) is 13.8 Å². The second kappa shape index (κ2) is 6.73. The van der Waals surface area contributed by atoms with Crippen LogP contribution in [0.15, 0.2) is 36.5 Å². The fraction of sp³-hybridized carbons (Fsp3) is 0.333. The molecule has 0 spiro atoms. The first-order valence-electron chi connectivity index (χ1n) is 6.22. The second-order valence-corrected chi connectivity index (χ2v) is 4.46. The van der Waals surface area contributed by atoms with Crippen LogP contribution < -0.4 is 4.90 Å². The van der Waals surface area contributed by atoms with E-state index in [9.17, 15) is 9.59 Å². The molecule has 0 heterocycles. The van der Waals surface area contributed by atoms with Gasteiger partial charge in [0.05, 0.1) is 0 Å². The van der Waals surface area contributed by atoms with Gasteiger partial charge in [0.15, 0.2) is 5.78 Å². The molecule has 0 bridgehead atoms. The number of anilines is 1. The molecule has 0 aliphatic carbocycles. The lowest BCUT2D eigenvalue weighted by molar-refractivity contribution is -0.116. The lowest BCUT2D eigenvalue weighted by Crippen LogP contribution is -2.27. The number of hydrogen-bond donors (Lipinski definition) is 0. The minimum atomic E-state index is -0.0739. The van der Waals surface area contributed by atoms with Gasteiger partial charge in [-0.1, -0.05) is 12.1 Å². The number of amides is 1. The van der Waals surface area contributed by atoms with E-state index in [4.69, 9.17) is 0 Å². The van der Waals surface area contributed by atoms with Crippen molar-refractivity contribution in [3.8, 4) is 0 Å². The standard InChI is InChI=1S/C15H20N2O2/c1-5-17(12(2)18)14-8-6-7-13(11-14)15(19)9-10-16(3)4/h6-11H,5H2,1-4H3. The van der Waals surface area contributed by atoms with Crippen LogP contribution >= 0.6 is 0 Å². The first-order valence-corrected chi connectivity index (χ1v) is 6.22. The molecule has 1 aromatic rings.